The molecule has 2 atom stereocenters. The van der Waals surface area contributed by atoms with Crippen molar-refractivity contribution in [1.82, 2.24) is 4.31 Å². The molecule has 1 fully saturated rings. The van der Waals surface area contributed by atoms with Crippen LogP contribution in [0.15, 0.2) is 83.8 Å². The van der Waals surface area contributed by atoms with E-state index in [0.29, 0.717) is 11.4 Å². The Balaban J connectivity index is 1.73. The number of hydrogen-bond acceptors (Lipinski definition) is 3. The summed E-state index contributed by atoms with van der Waals surface area (Å²) < 4.78 is 34.0. The lowest BCUT2D eigenvalue weighted by Gasteiger charge is -2.24. The summed E-state index contributed by atoms with van der Waals surface area (Å²) in [6, 6.07) is 24.8. The molecule has 0 amide bonds. The Morgan fingerprint density at radius 1 is 0.862 bits per heavy atom. The highest BCUT2D eigenvalue weighted by atomic mass is 32.2. The summed E-state index contributed by atoms with van der Waals surface area (Å²) >= 11 is 0. The first kappa shape index (κ1) is 19.7. The average molecular weight is 408 g/mol. The fraction of sp³-hybridized carbons (Fsp3) is 0.250. The van der Waals surface area contributed by atoms with Crippen LogP contribution >= 0.6 is 0 Å². The molecule has 0 radical (unpaired) electrons. The van der Waals surface area contributed by atoms with Crippen LogP contribution in [0.3, 0.4) is 0 Å². The fourth-order valence-electron chi connectivity index (χ4n) is 4.01. The van der Waals surface area contributed by atoms with Gasteiger partial charge in [-0.15, -0.1) is 0 Å². The summed E-state index contributed by atoms with van der Waals surface area (Å²) in [7, 11) is -1.98. The average Bonchev–Trinajstić information content (AvgIpc) is 3.21. The lowest BCUT2D eigenvalue weighted by atomic mass is 9.94. The van der Waals surface area contributed by atoms with Crippen molar-refractivity contribution < 1.29 is 13.2 Å². The van der Waals surface area contributed by atoms with Gasteiger partial charge in [0.2, 0.25) is 10.0 Å². The molecule has 0 N–H and O–H groups in total. The number of rotatable bonds is 5. The van der Waals surface area contributed by atoms with E-state index in [9.17, 15) is 8.42 Å². The molecule has 150 valence electrons. The Labute approximate surface area is 172 Å². The van der Waals surface area contributed by atoms with Crippen molar-refractivity contribution in [3.8, 4) is 5.75 Å². The van der Waals surface area contributed by atoms with Gasteiger partial charge in [-0.3, -0.25) is 0 Å². The minimum Gasteiger partial charge on any atom is -0.497 e. The summed E-state index contributed by atoms with van der Waals surface area (Å²) in [5, 5.41) is 0. The molecule has 1 aliphatic heterocycles. The van der Waals surface area contributed by atoms with E-state index in [1.165, 1.54) is 5.56 Å². The molecule has 29 heavy (non-hydrogen) atoms. The van der Waals surface area contributed by atoms with Gasteiger partial charge in [-0.1, -0.05) is 60.2 Å². The third kappa shape index (κ3) is 3.93. The maximum Gasteiger partial charge on any atom is 0.243 e. The Hall–Kier alpha value is -2.63. The van der Waals surface area contributed by atoms with Crippen molar-refractivity contribution in [3.05, 3.63) is 95.6 Å². The summed E-state index contributed by atoms with van der Waals surface area (Å²) in [4.78, 5) is 0.343. The second kappa shape index (κ2) is 8.01. The normalized spacial score (nSPS) is 19.9. The third-order valence-electron chi connectivity index (χ3n) is 5.65. The smallest absolute Gasteiger partial charge is 0.243 e. The standard InChI is InChI=1S/C24H25NO3S/c1-18-8-14-23(15-9-18)29(26,27)25-17-21(19-6-4-3-5-7-19)16-24(25)20-10-12-22(28-2)13-11-20/h3-15,21,24H,16-17H2,1-2H3/t21?,24-/m0/s1. The first-order valence-corrected chi connectivity index (χ1v) is 11.2. The Kier molecular flexibility index (Phi) is 5.43. The van der Waals surface area contributed by atoms with Crippen molar-refractivity contribution in [2.45, 2.75) is 30.2 Å². The van der Waals surface area contributed by atoms with Gasteiger partial charge in [0, 0.05) is 6.54 Å². The molecule has 5 heteroatoms. The van der Waals surface area contributed by atoms with Gasteiger partial charge in [0.15, 0.2) is 0 Å². The molecule has 0 aromatic heterocycles. The Bertz CT molecular complexity index is 1060. The van der Waals surface area contributed by atoms with E-state index in [1.807, 2.05) is 61.5 Å². The van der Waals surface area contributed by atoms with Gasteiger partial charge >= 0.3 is 0 Å². The number of nitrogens with zero attached hydrogens (tertiary/aromatic N) is 1. The van der Waals surface area contributed by atoms with E-state index in [0.717, 1.165) is 23.3 Å². The second-order valence-corrected chi connectivity index (χ2v) is 9.41. The molecule has 4 nitrogen and oxygen atoms in total. The van der Waals surface area contributed by atoms with Gasteiger partial charge in [-0.2, -0.15) is 4.31 Å². The first-order chi connectivity index (χ1) is 14.0. The van der Waals surface area contributed by atoms with Crippen LogP contribution in [-0.2, 0) is 10.0 Å². The van der Waals surface area contributed by atoms with E-state index >= 15 is 0 Å². The zero-order chi connectivity index (χ0) is 20.4. The van der Waals surface area contributed by atoms with Crippen molar-refractivity contribution in [1.29, 1.82) is 0 Å². The van der Waals surface area contributed by atoms with Gasteiger partial charge < -0.3 is 4.74 Å². The Morgan fingerprint density at radius 3 is 2.14 bits per heavy atom. The number of ether oxygens (including phenoxy) is 1. The molecule has 4 rings (SSSR count). The number of sulfonamides is 1. The van der Waals surface area contributed by atoms with Gasteiger partial charge in [-0.25, -0.2) is 8.42 Å². The van der Waals surface area contributed by atoms with Crippen LogP contribution in [0.1, 0.15) is 35.1 Å². The van der Waals surface area contributed by atoms with Crippen LogP contribution in [-0.4, -0.2) is 26.4 Å². The minimum atomic E-state index is -3.61. The molecule has 0 aliphatic carbocycles. The quantitative estimate of drug-likeness (QED) is 0.603. The molecule has 1 heterocycles. The summed E-state index contributed by atoms with van der Waals surface area (Å²) in [5.41, 5.74) is 3.20. The first-order valence-electron chi connectivity index (χ1n) is 9.76. The van der Waals surface area contributed by atoms with Gasteiger partial charge in [0.05, 0.1) is 18.0 Å². The second-order valence-electron chi connectivity index (χ2n) is 7.52. The zero-order valence-electron chi connectivity index (χ0n) is 16.7. The number of hydrogen-bond donors (Lipinski definition) is 0. The van der Waals surface area contributed by atoms with Crippen molar-refractivity contribution in [2.75, 3.05) is 13.7 Å². The third-order valence-corrected chi connectivity index (χ3v) is 7.54. The molecule has 1 saturated heterocycles. The van der Waals surface area contributed by atoms with Gasteiger partial charge in [-0.05, 0) is 54.7 Å². The number of methoxy groups -OCH3 is 1. The topological polar surface area (TPSA) is 46.6 Å². The van der Waals surface area contributed by atoms with Crippen LogP contribution in [0.25, 0.3) is 0 Å². The lowest BCUT2D eigenvalue weighted by Crippen LogP contribution is -2.31. The van der Waals surface area contributed by atoms with E-state index in [2.05, 4.69) is 12.1 Å². The Morgan fingerprint density at radius 2 is 1.52 bits per heavy atom. The molecule has 1 unspecified atom stereocenters. The molecule has 3 aromatic carbocycles. The van der Waals surface area contributed by atoms with Crippen LogP contribution in [0, 0.1) is 6.92 Å². The lowest BCUT2D eigenvalue weighted by molar-refractivity contribution is 0.394. The molecule has 1 aliphatic rings. The predicted octanol–water partition coefficient (Wildman–Crippen LogP) is 4.92. The largest absolute Gasteiger partial charge is 0.497 e. The van der Waals surface area contributed by atoms with Gasteiger partial charge in [0.1, 0.15) is 5.75 Å². The van der Waals surface area contributed by atoms with Crippen LogP contribution in [0.2, 0.25) is 0 Å². The predicted molar refractivity (Wildman–Crippen MR) is 115 cm³/mol. The molecule has 0 spiro atoms. The highest BCUT2D eigenvalue weighted by Crippen LogP contribution is 2.43. The van der Waals surface area contributed by atoms with Crippen molar-refractivity contribution in [2.24, 2.45) is 0 Å². The summed E-state index contributed by atoms with van der Waals surface area (Å²) in [6.45, 7) is 2.43. The number of benzene rings is 3. The molecule has 0 saturated carbocycles. The van der Waals surface area contributed by atoms with E-state index in [1.54, 1.807) is 23.5 Å². The highest BCUT2D eigenvalue weighted by molar-refractivity contribution is 7.89. The fourth-order valence-corrected chi connectivity index (χ4v) is 5.68. The molecule has 0 bridgehead atoms. The van der Waals surface area contributed by atoms with Crippen molar-refractivity contribution >= 4 is 10.0 Å². The summed E-state index contributed by atoms with van der Waals surface area (Å²) in [5.74, 6) is 0.919. The maximum atomic E-state index is 13.5. The van der Waals surface area contributed by atoms with Gasteiger partial charge in [0.25, 0.3) is 0 Å². The van der Waals surface area contributed by atoms with E-state index in [4.69, 9.17) is 4.74 Å². The summed E-state index contributed by atoms with van der Waals surface area (Å²) in [6.07, 6.45) is 0.751. The van der Waals surface area contributed by atoms with E-state index < -0.39 is 10.0 Å². The minimum absolute atomic E-state index is 0.156. The molecular weight excluding hydrogens is 382 g/mol. The number of aryl methyl sites for hydroxylation is 1. The monoisotopic (exact) mass is 407 g/mol. The van der Waals surface area contributed by atoms with Crippen LogP contribution < -0.4 is 4.74 Å². The molecular formula is C24H25NO3S. The van der Waals surface area contributed by atoms with Crippen LogP contribution in [0.5, 0.6) is 5.75 Å². The highest BCUT2D eigenvalue weighted by Gasteiger charge is 2.41. The van der Waals surface area contributed by atoms with Crippen LogP contribution in [0.4, 0.5) is 0 Å². The van der Waals surface area contributed by atoms with E-state index in [-0.39, 0.29) is 12.0 Å². The van der Waals surface area contributed by atoms with Crippen molar-refractivity contribution in [3.63, 3.8) is 0 Å². The zero-order valence-corrected chi connectivity index (χ0v) is 17.5. The maximum absolute atomic E-state index is 13.5. The molecule has 3 aromatic rings. The SMILES string of the molecule is COc1ccc([C@@H]2CC(c3ccccc3)CN2S(=O)(=O)c2ccc(C)cc2)cc1.